The lowest BCUT2D eigenvalue weighted by molar-refractivity contribution is 0.0934. The number of carbonyl (C=O) groups excluding carboxylic acids is 1. The first-order valence-corrected chi connectivity index (χ1v) is 6.54. The van der Waals surface area contributed by atoms with E-state index in [0.717, 1.165) is 5.56 Å². The zero-order valence-electron chi connectivity index (χ0n) is 10.2. The second-order valence-corrected chi connectivity index (χ2v) is 4.93. The zero-order valence-corrected chi connectivity index (χ0v) is 11.8. The first kappa shape index (κ1) is 13.7. The Morgan fingerprint density at radius 3 is 2.63 bits per heavy atom. The highest BCUT2D eigenvalue weighted by molar-refractivity contribution is 9.10. The van der Waals surface area contributed by atoms with Crippen LogP contribution in [0.2, 0.25) is 0 Å². The summed E-state index contributed by atoms with van der Waals surface area (Å²) < 4.78 is 13.5. The summed E-state index contributed by atoms with van der Waals surface area (Å²) in [6.07, 6.45) is 1.56. The number of nitrogens with zero attached hydrogens (tertiary/aromatic N) is 1. The molecule has 0 saturated carbocycles. The van der Waals surface area contributed by atoms with Gasteiger partial charge in [-0.3, -0.25) is 4.79 Å². The first-order chi connectivity index (χ1) is 9.08. The molecule has 2 rings (SSSR count). The summed E-state index contributed by atoms with van der Waals surface area (Å²) in [5, 5.41) is 2.82. The number of rotatable bonds is 3. The predicted molar refractivity (Wildman–Crippen MR) is 74.2 cm³/mol. The summed E-state index contributed by atoms with van der Waals surface area (Å²) in [4.78, 5) is 16.1. The van der Waals surface area contributed by atoms with Crippen molar-refractivity contribution in [2.24, 2.45) is 0 Å². The second-order valence-electron chi connectivity index (χ2n) is 4.08. The van der Waals surface area contributed by atoms with E-state index >= 15 is 0 Å². The molecule has 3 nitrogen and oxygen atoms in total. The lowest BCUT2D eigenvalue weighted by atomic mass is 10.1. The van der Waals surface area contributed by atoms with Crippen LogP contribution < -0.4 is 5.32 Å². The van der Waals surface area contributed by atoms with Crippen LogP contribution in [0.15, 0.2) is 47.1 Å². The third kappa shape index (κ3) is 3.38. The van der Waals surface area contributed by atoms with Gasteiger partial charge < -0.3 is 5.32 Å². The van der Waals surface area contributed by atoms with Crippen molar-refractivity contribution in [3.05, 3.63) is 64.1 Å². The highest BCUT2D eigenvalue weighted by Gasteiger charge is 2.14. The van der Waals surface area contributed by atoms with Crippen molar-refractivity contribution in [1.82, 2.24) is 10.3 Å². The molecule has 1 unspecified atom stereocenters. The molecule has 1 aromatic heterocycles. The van der Waals surface area contributed by atoms with Crippen molar-refractivity contribution < 1.29 is 9.18 Å². The molecule has 0 spiro atoms. The molecule has 1 atom stereocenters. The minimum atomic E-state index is -0.297. The summed E-state index contributed by atoms with van der Waals surface area (Å²) in [5.41, 5.74) is 1.17. The van der Waals surface area contributed by atoms with E-state index in [0.29, 0.717) is 10.2 Å². The van der Waals surface area contributed by atoms with Crippen molar-refractivity contribution in [2.75, 3.05) is 0 Å². The fourth-order valence-electron chi connectivity index (χ4n) is 1.65. The van der Waals surface area contributed by atoms with Crippen LogP contribution in [0.25, 0.3) is 0 Å². The van der Waals surface area contributed by atoms with E-state index in [1.54, 1.807) is 30.5 Å². The molecule has 2 aromatic rings. The maximum Gasteiger partial charge on any atom is 0.271 e. The predicted octanol–water partition coefficient (Wildman–Crippen LogP) is 3.47. The molecule has 1 N–H and O–H groups in total. The smallest absolute Gasteiger partial charge is 0.271 e. The molecular formula is C14H12BrFN2O. The minimum Gasteiger partial charge on any atom is -0.344 e. The van der Waals surface area contributed by atoms with E-state index in [1.165, 1.54) is 12.1 Å². The number of amides is 1. The number of nitrogens with one attached hydrogen (secondary N) is 1. The lowest BCUT2D eigenvalue weighted by Gasteiger charge is -2.14. The molecule has 1 heterocycles. The Labute approximate surface area is 119 Å². The van der Waals surface area contributed by atoms with Gasteiger partial charge in [0.25, 0.3) is 5.91 Å². The molecular weight excluding hydrogens is 311 g/mol. The Kier molecular flexibility index (Phi) is 4.27. The number of benzene rings is 1. The van der Waals surface area contributed by atoms with Crippen LogP contribution >= 0.6 is 15.9 Å². The Morgan fingerprint density at radius 1 is 1.32 bits per heavy atom. The summed E-state index contributed by atoms with van der Waals surface area (Å²) in [6.45, 7) is 1.84. The van der Waals surface area contributed by atoms with Crippen LogP contribution in [-0.4, -0.2) is 10.9 Å². The number of halogens is 2. The van der Waals surface area contributed by atoms with Crippen molar-refractivity contribution in [3.8, 4) is 0 Å². The van der Waals surface area contributed by atoms with Crippen molar-refractivity contribution >= 4 is 21.8 Å². The molecule has 1 amide bonds. The summed E-state index contributed by atoms with van der Waals surface area (Å²) in [7, 11) is 0. The van der Waals surface area contributed by atoms with Gasteiger partial charge in [0.1, 0.15) is 11.5 Å². The van der Waals surface area contributed by atoms with Gasteiger partial charge in [0.05, 0.1) is 6.04 Å². The third-order valence-corrected chi connectivity index (χ3v) is 3.33. The van der Waals surface area contributed by atoms with Crippen molar-refractivity contribution in [2.45, 2.75) is 13.0 Å². The average molecular weight is 323 g/mol. The molecule has 1 aromatic carbocycles. The van der Waals surface area contributed by atoms with Crippen LogP contribution in [-0.2, 0) is 0 Å². The van der Waals surface area contributed by atoms with Crippen LogP contribution in [0.1, 0.15) is 29.0 Å². The first-order valence-electron chi connectivity index (χ1n) is 5.75. The molecule has 0 fully saturated rings. The molecule has 0 bridgehead atoms. The lowest BCUT2D eigenvalue weighted by Crippen LogP contribution is -2.27. The topological polar surface area (TPSA) is 42.0 Å². The molecule has 0 saturated heterocycles. The summed E-state index contributed by atoms with van der Waals surface area (Å²) in [5.74, 6) is -0.570. The highest BCUT2D eigenvalue weighted by Crippen LogP contribution is 2.16. The van der Waals surface area contributed by atoms with Gasteiger partial charge in [-0.15, -0.1) is 0 Å². The quantitative estimate of drug-likeness (QED) is 0.940. The van der Waals surface area contributed by atoms with Crippen LogP contribution in [0.5, 0.6) is 0 Å². The molecule has 0 aliphatic rings. The van der Waals surface area contributed by atoms with E-state index in [9.17, 15) is 9.18 Å². The average Bonchev–Trinajstić information content (AvgIpc) is 2.39. The van der Waals surface area contributed by atoms with Crippen LogP contribution in [0, 0.1) is 5.82 Å². The minimum absolute atomic E-state index is 0.220. The number of hydrogen-bond donors (Lipinski definition) is 1. The summed E-state index contributed by atoms with van der Waals surface area (Å²) in [6, 6.07) is 9.31. The third-order valence-electron chi connectivity index (χ3n) is 2.69. The van der Waals surface area contributed by atoms with Gasteiger partial charge in [0.2, 0.25) is 0 Å². The summed E-state index contributed by atoms with van der Waals surface area (Å²) >= 11 is 3.28. The number of aromatic nitrogens is 1. The molecule has 0 radical (unpaired) electrons. The normalized spacial score (nSPS) is 11.9. The number of carbonyl (C=O) groups is 1. The maximum absolute atomic E-state index is 12.8. The zero-order chi connectivity index (χ0) is 13.8. The Balaban J connectivity index is 2.11. The van der Waals surface area contributed by atoms with Crippen molar-refractivity contribution in [1.29, 1.82) is 0 Å². The van der Waals surface area contributed by atoms with E-state index in [2.05, 4.69) is 26.2 Å². The van der Waals surface area contributed by atoms with Crippen LogP contribution in [0.4, 0.5) is 4.39 Å². The second kappa shape index (κ2) is 5.93. The van der Waals surface area contributed by atoms with Crippen molar-refractivity contribution in [3.63, 3.8) is 0 Å². The Bertz CT molecular complexity index is 586. The Hall–Kier alpha value is -1.75. The fraction of sp³-hybridized carbons (Fsp3) is 0.143. The molecule has 98 valence electrons. The van der Waals surface area contributed by atoms with Crippen LogP contribution in [0.3, 0.4) is 0 Å². The fourth-order valence-corrected chi connectivity index (χ4v) is 2.09. The molecule has 19 heavy (non-hydrogen) atoms. The highest BCUT2D eigenvalue weighted by atomic mass is 79.9. The molecule has 0 aliphatic carbocycles. The van der Waals surface area contributed by atoms with E-state index in [1.807, 2.05) is 6.92 Å². The molecule has 0 aliphatic heterocycles. The number of hydrogen-bond acceptors (Lipinski definition) is 2. The van der Waals surface area contributed by atoms with Gasteiger partial charge in [0.15, 0.2) is 0 Å². The van der Waals surface area contributed by atoms with Gasteiger partial charge in [-0.05, 0) is 52.7 Å². The monoisotopic (exact) mass is 322 g/mol. The van der Waals surface area contributed by atoms with E-state index in [-0.39, 0.29) is 17.8 Å². The van der Waals surface area contributed by atoms with E-state index < -0.39 is 0 Å². The SMILES string of the molecule is CC(NC(=O)c1ncccc1Br)c1ccc(F)cc1. The van der Waals surface area contributed by atoms with Gasteiger partial charge in [0, 0.05) is 10.7 Å². The van der Waals surface area contributed by atoms with Gasteiger partial charge in [-0.25, -0.2) is 9.37 Å². The maximum atomic E-state index is 12.8. The van der Waals surface area contributed by atoms with Gasteiger partial charge in [-0.2, -0.15) is 0 Å². The Morgan fingerprint density at radius 2 is 2.00 bits per heavy atom. The van der Waals surface area contributed by atoms with E-state index in [4.69, 9.17) is 0 Å². The number of pyridine rings is 1. The largest absolute Gasteiger partial charge is 0.344 e. The van der Waals surface area contributed by atoms with Gasteiger partial charge in [-0.1, -0.05) is 12.1 Å². The molecule has 5 heteroatoms. The van der Waals surface area contributed by atoms with Gasteiger partial charge >= 0.3 is 0 Å². The standard InChI is InChI=1S/C14H12BrFN2O/c1-9(10-4-6-11(16)7-5-10)18-14(19)13-12(15)3-2-8-17-13/h2-9H,1H3,(H,18,19).